The third-order valence-electron chi connectivity index (χ3n) is 4.33. The summed E-state index contributed by atoms with van der Waals surface area (Å²) in [5.74, 6) is -0.158. The van der Waals surface area contributed by atoms with Crippen LogP contribution in [0, 0.1) is 0 Å². The Hall–Kier alpha value is -4.13. The molecule has 0 unspecified atom stereocenters. The van der Waals surface area contributed by atoms with Gasteiger partial charge in [0.05, 0.1) is 11.3 Å². The molecule has 3 aromatic carbocycles. The normalized spacial score (nSPS) is 11.5. The number of carbonyl (C=O) groups excluding carboxylic acids is 2. The molecule has 7 nitrogen and oxygen atoms in total. The van der Waals surface area contributed by atoms with E-state index >= 15 is 0 Å². The van der Waals surface area contributed by atoms with Crippen LogP contribution in [0.1, 0.15) is 21.5 Å². The highest BCUT2D eigenvalue weighted by Crippen LogP contribution is 2.32. The molecule has 3 aromatic rings. The Balaban J connectivity index is 1.41. The number of ether oxygens (including phenoxy) is 3. The van der Waals surface area contributed by atoms with Crippen molar-refractivity contribution in [1.29, 1.82) is 0 Å². The summed E-state index contributed by atoms with van der Waals surface area (Å²) in [5, 5.41) is 4.25. The Bertz CT molecular complexity index is 1040. The van der Waals surface area contributed by atoms with Gasteiger partial charge in [0.15, 0.2) is 18.1 Å². The van der Waals surface area contributed by atoms with E-state index in [4.69, 9.17) is 14.2 Å². The molecule has 1 N–H and O–H groups in total. The molecule has 30 heavy (non-hydrogen) atoms. The van der Waals surface area contributed by atoms with Crippen LogP contribution < -0.4 is 14.9 Å². The fourth-order valence-corrected chi connectivity index (χ4v) is 2.88. The number of hydrazone groups is 1. The highest BCUT2D eigenvalue weighted by atomic mass is 16.7. The van der Waals surface area contributed by atoms with Crippen molar-refractivity contribution in [2.24, 2.45) is 5.10 Å². The minimum atomic E-state index is -0.640. The molecular formula is C23H18N2O5. The Morgan fingerprint density at radius 1 is 0.833 bits per heavy atom. The van der Waals surface area contributed by atoms with Gasteiger partial charge in [0.2, 0.25) is 6.79 Å². The lowest BCUT2D eigenvalue weighted by atomic mass is 10.0. The van der Waals surface area contributed by atoms with Crippen molar-refractivity contribution in [1.82, 2.24) is 5.43 Å². The molecule has 0 spiro atoms. The van der Waals surface area contributed by atoms with Crippen molar-refractivity contribution in [3.8, 4) is 11.5 Å². The van der Waals surface area contributed by atoms with Crippen LogP contribution in [0.15, 0.2) is 84.0 Å². The van der Waals surface area contributed by atoms with E-state index in [2.05, 4.69) is 10.5 Å². The van der Waals surface area contributed by atoms with Crippen LogP contribution in [0.2, 0.25) is 0 Å². The number of amides is 1. The second kappa shape index (κ2) is 8.91. The van der Waals surface area contributed by atoms with E-state index in [0.29, 0.717) is 17.2 Å². The number of nitrogens with one attached hydrogen (secondary N) is 1. The van der Waals surface area contributed by atoms with Crippen LogP contribution in [0.3, 0.4) is 0 Å². The maximum atomic E-state index is 12.2. The quantitative estimate of drug-likeness (QED) is 0.389. The number of hydrogen-bond acceptors (Lipinski definition) is 6. The number of rotatable bonds is 6. The number of benzene rings is 3. The molecule has 0 radical (unpaired) electrons. The van der Waals surface area contributed by atoms with Gasteiger partial charge in [-0.25, -0.2) is 10.2 Å². The minimum absolute atomic E-state index is 0.111. The Kier molecular flexibility index (Phi) is 5.70. The lowest BCUT2D eigenvalue weighted by Gasteiger charge is -2.08. The van der Waals surface area contributed by atoms with Gasteiger partial charge < -0.3 is 14.2 Å². The summed E-state index contributed by atoms with van der Waals surface area (Å²) >= 11 is 0. The van der Waals surface area contributed by atoms with E-state index in [1.807, 2.05) is 60.7 Å². The summed E-state index contributed by atoms with van der Waals surface area (Å²) in [6, 6.07) is 23.7. The van der Waals surface area contributed by atoms with Crippen LogP contribution in [0.4, 0.5) is 0 Å². The Labute approximate surface area is 172 Å². The zero-order valence-electron chi connectivity index (χ0n) is 15.9. The lowest BCUT2D eigenvalue weighted by Crippen LogP contribution is -2.26. The van der Waals surface area contributed by atoms with Crippen molar-refractivity contribution in [2.75, 3.05) is 13.4 Å². The van der Waals surface area contributed by atoms with Gasteiger partial charge in [0.25, 0.3) is 5.91 Å². The molecular weight excluding hydrogens is 384 g/mol. The molecule has 1 amide bonds. The van der Waals surface area contributed by atoms with Gasteiger partial charge in [-0.3, -0.25) is 4.79 Å². The molecule has 0 saturated heterocycles. The van der Waals surface area contributed by atoms with Gasteiger partial charge in [0, 0.05) is 11.1 Å². The van der Waals surface area contributed by atoms with E-state index < -0.39 is 18.5 Å². The maximum absolute atomic E-state index is 12.2. The van der Waals surface area contributed by atoms with Gasteiger partial charge in [0.1, 0.15) is 0 Å². The van der Waals surface area contributed by atoms with E-state index in [0.717, 1.165) is 11.1 Å². The number of fused-ring (bicyclic) bond motifs is 1. The lowest BCUT2D eigenvalue weighted by molar-refractivity contribution is -0.124. The maximum Gasteiger partial charge on any atom is 0.338 e. The highest BCUT2D eigenvalue weighted by Gasteiger charge is 2.17. The number of nitrogens with zero attached hydrogens (tertiary/aromatic N) is 1. The average Bonchev–Trinajstić information content (AvgIpc) is 3.27. The summed E-state index contributed by atoms with van der Waals surface area (Å²) in [6.07, 6.45) is 0. The topological polar surface area (TPSA) is 86.2 Å². The number of hydrogen-bond donors (Lipinski definition) is 1. The highest BCUT2D eigenvalue weighted by molar-refractivity contribution is 6.13. The van der Waals surface area contributed by atoms with Crippen LogP contribution in [0.25, 0.3) is 0 Å². The molecule has 0 saturated carbocycles. The third-order valence-corrected chi connectivity index (χ3v) is 4.33. The fourth-order valence-electron chi connectivity index (χ4n) is 2.88. The van der Waals surface area contributed by atoms with Crippen LogP contribution in [-0.4, -0.2) is 31.0 Å². The molecule has 1 heterocycles. The zero-order valence-corrected chi connectivity index (χ0v) is 15.9. The average molecular weight is 402 g/mol. The van der Waals surface area contributed by atoms with Crippen molar-refractivity contribution in [2.45, 2.75) is 0 Å². The summed E-state index contributed by atoms with van der Waals surface area (Å²) in [5.41, 5.74) is 5.02. The molecule has 0 aromatic heterocycles. The molecule has 0 fully saturated rings. The van der Waals surface area contributed by atoms with Crippen molar-refractivity contribution in [3.05, 3.63) is 95.6 Å². The predicted molar refractivity (Wildman–Crippen MR) is 110 cm³/mol. The molecule has 0 atom stereocenters. The first-order valence-electron chi connectivity index (χ1n) is 9.25. The van der Waals surface area contributed by atoms with Crippen molar-refractivity contribution in [3.63, 3.8) is 0 Å². The van der Waals surface area contributed by atoms with Crippen LogP contribution in [0.5, 0.6) is 11.5 Å². The van der Waals surface area contributed by atoms with E-state index in [9.17, 15) is 9.59 Å². The molecule has 0 bridgehead atoms. The van der Waals surface area contributed by atoms with Crippen LogP contribution >= 0.6 is 0 Å². The first-order chi connectivity index (χ1) is 14.7. The number of carbonyl (C=O) groups is 2. The predicted octanol–water partition coefficient (Wildman–Crippen LogP) is 3.14. The van der Waals surface area contributed by atoms with E-state index in [1.54, 1.807) is 12.1 Å². The minimum Gasteiger partial charge on any atom is -0.454 e. The second-order valence-corrected chi connectivity index (χ2v) is 6.37. The van der Waals surface area contributed by atoms with Gasteiger partial charge >= 0.3 is 5.97 Å². The molecule has 0 aliphatic carbocycles. The van der Waals surface area contributed by atoms with Crippen LogP contribution in [-0.2, 0) is 9.53 Å². The summed E-state index contributed by atoms with van der Waals surface area (Å²) < 4.78 is 15.5. The fraction of sp³-hybridized carbons (Fsp3) is 0.0870. The molecule has 4 rings (SSSR count). The molecule has 1 aliphatic heterocycles. The van der Waals surface area contributed by atoms with Gasteiger partial charge in [-0.2, -0.15) is 5.10 Å². The Morgan fingerprint density at radius 3 is 2.13 bits per heavy atom. The summed E-state index contributed by atoms with van der Waals surface area (Å²) in [4.78, 5) is 24.4. The summed E-state index contributed by atoms with van der Waals surface area (Å²) in [6.45, 7) is -0.354. The second-order valence-electron chi connectivity index (χ2n) is 6.37. The van der Waals surface area contributed by atoms with Gasteiger partial charge in [-0.1, -0.05) is 60.7 Å². The van der Waals surface area contributed by atoms with E-state index in [1.165, 1.54) is 6.07 Å². The standard InChI is InChI=1S/C23H18N2O5/c26-21(14-28-23(27)18-11-12-19-20(13-18)30-15-29-19)24-25-22(16-7-3-1-4-8-16)17-9-5-2-6-10-17/h1-13H,14-15H2,(H,24,26). The van der Waals surface area contributed by atoms with Gasteiger partial charge in [-0.15, -0.1) is 0 Å². The number of esters is 1. The first kappa shape index (κ1) is 19.2. The molecule has 150 valence electrons. The largest absolute Gasteiger partial charge is 0.454 e. The zero-order chi connectivity index (χ0) is 20.8. The third kappa shape index (κ3) is 4.47. The molecule has 1 aliphatic rings. The SMILES string of the molecule is O=C(COC(=O)c1ccc2c(c1)OCO2)NN=C(c1ccccc1)c1ccccc1. The van der Waals surface area contributed by atoms with Crippen molar-refractivity contribution < 1.29 is 23.8 Å². The smallest absolute Gasteiger partial charge is 0.338 e. The molecule has 7 heteroatoms. The Morgan fingerprint density at radius 2 is 1.47 bits per heavy atom. The first-order valence-corrected chi connectivity index (χ1v) is 9.25. The van der Waals surface area contributed by atoms with E-state index in [-0.39, 0.29) is 12.4 Å². The van der Waals surface area contributed by atoms with Gasteiger partial charge in [-0.05, 0) is 18.2 Å². The monoisotopic (exact) mass is 402 g/mol. The van der Waals surface area contributed by atoms with Crippen molar-refractivity contribution >= 4 is 17.6 Å². The summed E-state index contributed by atoms with van der Waals surface area (Å²) in [7, 11) is 0.